The summed E-state index contributed by atoms with van der Waals surface area (Å²) in [5.74, 6) is 0.497. The Kier molecular flexibility index (Phi) is 5.16. The van der Waals surface area contributed by atoms with Crippen LogP contribution in [-0.4, -0.2) is 54.7 Å². The van der Waals surface area contributed by atoms with Crippen LogP contribution in [-0.2, 0) is 17.8 Å². The van der Waals surface area contributed by atoms with Crippen LogP contribution in [0, 0.1) is 0 Å². The summed E-state index contributed by atoms with van der Waals surface area (Å²) in [6.07, 6.45) is -0.812. The molecule has 1 aromatic carbocycles. The summed E-state index contributed by atoms with van der Waals surface area (Å²) < 4.78 is 7.15. The predicted molar refractivity (Wildman–Crippen MR) is 101 cm³/mol. The number of hydrogen-bond donors (Lipinski definition) is 3. The molecular weight excluding hydrogens is 393 g/mol. The van der Waals surface area contributed by atoms with Crippen molar-refractivity contribution in [3.8, 4) is 0 Å². The van der Waals surface area contributed by atoms with Gasteiger partial charge in [0.1, 0.15) is 18.3 Å². The van der Waals surface area contributed by atoms with E-state index in [0.29, 0.717) is 28.5 Å². The molecule has 0 aliphatic carbocycles. The molecule has 0 amide bonds. The molecule has 0 unspecified atom stereocenters. The van der Waals surface area contributed by atoms with Gasteiger partial charge in [-0.25, -0.2) is 4.98 Å². The standard InChI is InChI=1S/C17H17Cl2N5O3/c18-10-3-1-2-9(4-10)5-20-15-13-16(23-17(19)22-15)24(8-21-13)6-12-14(26)11(25)7-27-12/h1-4,8,11-12,14,25-26H,5-7H2,(H,20,22,23)/t11-,12+,14-/m1/s1. The highest BCUT2D eigenvalue weighted by atomic mass is 35.5. The summed E-state index contributed by atoms with van der Waals surface area (Å²) in [6.45, 7) is 0.878. The third kappa shape index (κ3) is 3.85. The molecule has 1 saturated heterocycles. The first-order chi connectivity index (χ1) is 13.0. The van der Waals surface area contributed by atoms with Crippen LogP contribution in [0.25, 0.3) is 11.2 Å². The predicted octanol–water partition coefficient (Wildman–Crippen LogP) is 1.87. The number of rotatable bonds is 5. The number of nitrogens with zero attached hydrogens (tertiary/aromatic N) is 4. The summed E-state index contributed by atoms with van der Waals surface area (Å²) in [5, 5.41) is 23.5. The maximum absolute atomic E-state index is 9.98. The van der Waals surface area contributed by atoms with E-state index in [2.05, 4.69) is 20.3 Å². The molecule has 1 fully saturated rings. The van der Waals surface area contributed by atoms with Crippen molar-refractivity contribution in [3.63, 3.8) is 0 Å². The van der Waals surface area contributed by atoms with E-state index in [1.807, 2.05) is 24.3 Å². The quantitative estimate of drug-likeness (QED) is 0.552. The van der Waals surface area contributed by atoms with Gasteiger partial charge in [-0.2, -0.15) is 9.97 Å². The van der Waals surface area contributed by atoms with Gasteiger partial charge < -0.3 is 24.8 Å². The summed E-state index contributed by atoms with van der Waals surface area (Å²) >= 11 is 12.1. The van der Waals surface area contributed by atoms with Crippen molar-refractivity contribution in [1.82, 2.24) is 19.5 Å². The number of imidazole rings is 1. The molecule has 0 spiro atoms. The zero-order valence-electron chi connectivity index (χ0n) is 14.1. The van der Waals surface area contributed by atoms with Crippen molar-refractivity contribution in [2.75, 3.05) is 11.9 Å². The normalized spacial score (nSPS) is 22.4. The second-order valence-electron chi connectivity index (χ2n) is 6.32. The number of halogens is 2. The Balaban J connectivity index is 1.58. The van der Waals surface area contributed by atoms with Crippen molar-refractivity contribution in [3.05, 3.63) is 46.5 Å². The first-order valence-electron chi connectivity index (χ1n) is 8.35. The lowest BCUT2D eigenvalue weighted by molar-refractivity contribution is 0.0157. The zero-order chi connectivity index (χ0) is 19.0. The monoisotopic (exact) mass is 409 g/mol. The highest BCUT2D eigenvalue weighted by Gasteiger charge is 2.35. The second-order valence-corrected chi connectivity index (χ2v) is 7.10. The molecule has 4 rings (SSSR count). The van der Waals surface area contributed by atoms with E-state index in [9.17, 15) is 10.2 Å². The fourth-order valence-corrected chi connectivity index (χ4v) is 3.41. The lowest BCUT2D eigenvalue weighted by atomic mass is 10.1. The van der Waals surface area contributed by atoms with Crippen LogP contribution < -0.4 is 5.32 Å². The molecule has 0 bridgehead atoms. The minimum Gasteiger partial charge on any atom is -0.388 e. The first-order valence-corrected chi connectivity index (χ1v) is 9.11. The van der Waals surface area contributed by atoms with Crippen LogP contribution in [0.4, 0.5) is 5.82 Å². The average molecular weight is 410 g/mol. The Morgan fingerprint density at radius 3 is 2.85 bits per heavy atom. The number of aliphatic hydroxyl groups is 2. The van der Waals surface area contributed by atoms with Gasteiger partial charge in [-0.05, 0) is 29.3 Å². The minimum atomic E-state index is -0.958. The lowest BCUT2D eigenvalue weighted by Crippen LogP contribution is -2.32. The molecule has 3 N–H and O–H groups in total. The van der Waals surface area contributed by atoms with E-state index in [4.69, 9.17) is 27.9 Å². The van der Waals surface area contributed by atoms with Gasteiger partial charge in [0.15, 0.2) is 17.0 Å². The third-order valence-electron chi connectivity index (χ3n) is 4.42. The number of aromatic nitrogens is 4. The lowest BCUT2D eigenvalue weighted by Gasteiger charge is -2.15. The van der Waals surface area contributed by atoms with E-state index >= 15 is 0 Å². The van der Waals surface area contributed by atoms with Crippen molar-refractivity contribution in [1.29, 1.82) is 0 Å². The summed E-state index contributed by atoms with van der Waals surface area (Å²) in [7, 11) is 0. The van der Waals surface area contributed by atoms with Gasteiger partial charge in [0, 0.05) is 11.6 Å². The van der Waals surface area contributed by atoms with Crippen LogP contribution >= 0.6 is 23.2 Å². The van der Waals surface area contributed by atoms with Gasteiger partial charge in [-0.15, -0.1) is 0 Å². The molecule has 2 aromatic heterocycles. The molecule has 0 radical (unpaired) electrons. The number of ether oxygens (including phenoxy) is 1. The van der Waals surface area contributed by atoms with E-state index in [1.54, 1.807) is 10.9 Å². The van der Waals surface area contributed by atoms with E-state index in [-0.39, 0.29) is 18.4 Å². The fourth-order valence-electron chi connectivity index (χ4n) is 3.03. The summed E-state index contributed by atoms with van der Waals surface area (Å²) in [6, 6.07) is 7.49. The van der Waals surface area contributed by atoms with Crippen molar-refractivity contribution in [2.45, 2.75) is 31.4 Å². The van der Waals surface area contributed by atoms with Gasteiger partial charge in [-0.3, -0.25) is 0 Å². The molecular formula is C17H17Cl2N5O3. The molecule has 142 valence electrons. The molecule has 27 heavy (non-hydrogen) atoms. The summed E-state index contributed by atoms with van der Waals surface area (Å²) in [5.41, 5.74) is 2.05. The highest BCUT2D eigenvalue weighted by Crippen LogP contribution is 2.24. The van der Waals surface area contributed by atoms with Gasteiger partial charge in [0.2, 0.25) is 5.28 Å². The zero-order valence-corrected chi connectivity index (χ0v) is 15.6. The number of benzene rings is 1. The van der Waals surface area contributed by atoms with Gasteiger partial charge in [0.25, 0.3) is 0 Å². The average Bonchev–Trinajstić information content (AvgIpc) is 3.18. The minimum absolute atomic E-state index is 0.0748. The SMILES string of the molecule is O[C@@H]1[C@H](O)CO[C@H]1Cn1cnc2c(NCc3cccc(Cl)c3)nc(Cl)nc21. The summed E-state index contributed by atoms with van der Waals surface area (Å²) in [4.78, 5) is 12.8. The molecule has 3 atom stereocenters. The van der Waals surface area contributed by atoms with Crippen molar-refractivity contribution in [2.24, 2.45) is 0 Å². The Morgan fingerprint density at radius 2 is 2.11 bits per heavy atom. The first kappa shape index (κ1) is 18.4. The van der Waals surface area contributed by atoms with Crippen molar-refractivity contribution < 1.29 is 14.9 Å². The Bertz CT molecular complexity index is 967. The topological polar surface area (TPSA) is 105 Å². The van der Waals surface area contributed by atoms with Crippen LogP contribution in [0.2, 0.25) is 10.3 Å². The molecule has 10 heteroatoms. The Hall–Kier alpha value is -1.97. The molecule has 3 aromatic rings. The molecule has 8 nitrogen and oxygen atoms in total. The fraction of sp³-hybridized carbons (Fsp3) is 0.353. The van der Waals surface area contributed by atoms with Crippen LogP contribution in [0.3, 0.4) is 0 Å². The Labute approximate surface area is 164 Å². The van der Waals surface area contributed by atoms with Crippen LogP contribution in [0.1, 0.15) is 5.56 Å². The van der Waals surface area contributed by atoms with Gasteiger partial charge >= 0.3 is 0 Å². The highest BCUT2D eigenvalue weighted by molar-refractivity contribution is 6.30. The molecule has 1 aliphatic rings. The van der Waals surface area contributed by atoms with Crippen LogP contribution in [0.15, 0.2) is 30.6 Å². The number of anilines is 1. The van der Waals surface area contributed by atoms with E-state index in [0.717, 1.165) is 5.56 Å². The molecule has 0 saturated carbocycles. The van der Waals surface area contributed by atoms with E-state index < -0.39 is 18.3 Å². The second kappa shape index (κ2) is 7.57. The van der Waals surface area contributed by atoms with E-state index in [1.165, 1.54) is 0 Å². The van der Waals surface area contributed by atoms with Gasteiger partial charge in [-0.1, -0.05) is 23.7 Å². The molecule has 1 aliphatic heterocycles. The van der Waals surface area contributed by atoms with Crippen LogP contribution in [0.5, 0.6) is 0 Å². The number of hydrogen-bond acceptors (Lipinski definition) is 7. The largest absolute Gasteiger partial charge is 0.388 e. The smallest absolute Gasteiger partial charge is 0.226 e. The Morgan fingerprint density at radius 1 is 1.26 bits per heavy atom. The number of aliphatic hydroxyl groups excluding tert-OH is 2. The maximum Gasteiger partial charge on any atom is 0.226 e. The molecule has 3 heterocycles. The third-order valence-corrected chi connectivity index (χ3v) is 4.82. The number of nitrogens with one attached hydrogen (secondary N) is 1. The number of fused-ring (bicyclic) bond motifs is 1. The van der Waals surface area contributed by atoms with Gasteiger partial charge in [0.05, 0.1) is 19.5 Å². The maximum atomic E-state index is 9.98. The van der Waals surface area contributed by atoms with Crippen molar-refractivity contribution >= 4 is 40.2 Å².